The molecule has 0 amide bonds. The normalized spacial score (nSPS) is 46.4. The van der Waals surface area contributed by atoms with Gasteiger partial charge in [0.25, 0.3) is 0 Å². The molecule has 0 N–H and O–H groups in total. The standard InChI is InChI=1S/C36H44S2/c1-29(2)27-15-17-31(29,5)35(33(27)19-23-11-7-8-12-24(23)20-33)37-36(38-35)32(6)18-16-28(30(32,3)4)34(36)21-25-13-9-10-14-26(25)22-34/h7-14,27-28H,15-22H2,1-6H3. The van der Waals surface area contributed by atoms with Crippen LogP contribution in [0, 0.1) is 44.3 Å². The van der Waals surface area contributed by atoms with Gasteiger partial charge in [-0.05, 0) is 107 Å². The van der Waals surface area contributed by atoms with Gasteiger partial charge in [-0.25, -0.2) is 0 Å². The van der Waals surface area contributed by atoms with Gasteiger partial charge in [0.05, 0.1) is 8.16 Å². The first-order valence-corrected chi connectivity index (χ1v) is 17.1. The lowest BCUT2D eigenvalue weighted by Crippen LogP contribution is -2.70. The van der Waals surface area contributed by atoms with Gasteiger partial charge in [0.1, 0.15) is 0 Å². The van der Waals surface area contributed by atoms with Crippen molar-refractivity contribution in [2.75, 3.05) is 0 Å². The third-order valence-corrected chi connectivity index (χ3v) is 21.0. The Bertz CT molecular complexity index is 1250. The van der Waals surface area contributed by atoms with E-state index in [1.807, 2.05) is 0 Å². The van der Waals surface area contributed by atoms with Crippen LogP contribution in [0.2, 0.25) is 0 Å². The van der Waals surface area contributed by atoms with E-state index >= 15 is 0 Å². The first kappa shape index (κ1) is 23.8. The maximum atomic E-state index is 2.76. The van der Waals surface area contributed by atoms with Crippen molar-refractivity contribution >= 4 is 23.5 Å². The third kappa shape index (κ3) is 2.00. The second kappa shape index (κ2) is 6.46. The van der Waals surface area contributed by atoms with Gasteiger partial charge in [0.15, 0.2) is 0 Å². The van der Waals surface area contributed by atoms with Gasteiger partial charge in [0, 0.05) is 10.8 Å². The zero-order valence-electron chi connectivity index (χ0n) is 24.2. The molecule has 0 radical (unpaired) electrons. The topological polar surface area (TPSA) is 0 Å². The third-order valence-electron chi connectivity index (χ3n) is 15.4. The van der Waals surface area contributed by atoms with E-state index in [0.717, 1.165) is 11.8 Å². The Labute approximate surface area is 238 Å². The minimum absolute atomic E-state index is 0.330. The summed E-state index contributed by atoms with van der Waals surface area (Å²) < 4.78 is 0.660. The Balaban J connectivity index is 1.24. The molecular weight excluding hydrogens is 497 g/mol. The van der Waals surface area contributed by atoms with Gasteiger partial charge in [-0.2, -0.15) is 0 Å². The van der Waals surface area contributed by atoms with E-state index in [1.165, 1.54) is 51.4 Å². The number of fused-ring (bicyclic) bond motifs is 12. The molecule has 4 atom stereocenters. The Morgan fingerprint density at radius 3 is 1.16 bits per heavy atom. The molecule has 1 heterocycles. The lowest BCUT2D eigenvalue weighted by molar-refractivity contribution is 0.0976. The fourth-order valence-electron chi connectivity index (χ4n) is 13.2. The van der Waals surface area contributed by atoms with Crippen LogP contribution < -0.4 is 0 Å². The molecule has 4 bridgehead atoms. The minimum Gasteiger partial charge on any atom is -0.124 e. The highest BCUT2D eigenvalue weighted by Gasteiger charge is 2.93. The van der Waals surface area contributed by atoms with Crippen LogP contribution in [-0.4, -0.2) is 8.16 Å². The van der Waals surface area contributed by atoms with Crippen LogP contribution in [-0.2, 0) is 25.7 Å². The summed E-state index contributed by atoms with van der Waals surface area (Å²) in [5, 5.41) is 0. The van der Waals surface area contributed by atoms with Crippen molar-refractivity contribution in [2.45, 2.75) is 101 Å². The zero-order chi connectivity index (χ0) is 26.2. The van der Waals surface area contributed by atoms with Crippen molar-refractivity contribution in [3.63, 3.8) is 0 Å². The Morgan fingerprint density at radius 1 is 0.526 bits per heavy atom. The van der Waals surface area contributed by atoms with Gasteiger partial charge in [-0.1, -0.05) is 90.1 Å². The SMILES string of the molecule is CC1(C)C2CCC1(C)C1(SC3(S1)C1(Cc4ccccc4C1)C1CCC3(C)C1(C)C)C21Cc2ccccc2C1. The summed E-state index contributed by atoms with van der Waals surface area (Å²) >= 11 is 5.24. The summed E-state index contributed by atoms with van der Waals surface area (Å²) in [5.74, 6) is 1.67. The predicted octanol–water partition coefficient (Wildman–Crippen LogP) is 9.34. The van der Waals surface area contributed by atoms with Crippen LogP contribution in [0.15, 0.2) is 48.5 Å². The first-order chi connectivity index (χ1) is 17.9. The van der Waals surface area contributed by atoms with Crippen LogP contribution in [0.5, 0.6) is 0 Å². The van der Waals surface area contributed by atoms with Crippen LogP contribution in [0.1, 0.15) is 89.5 Å². The maximum Gasteiger partial charge on any atom is 0.0763 e. The highest BCUT2D eigenvalue weighted by atomic mass is 32.3. The minimum atomic E-state index is 0.330. The Kier molecular flexibility index (Phi) is 4.04. The predicted molar refractivity (Wildman–Crippen MR) is 162 cm³/mol. The molecule has 200 valence electrons. The van der Waals surface area contributed by atoms with Crippen molar-refractivity contribution < 1.29 is 0 Å². The number of thioether (sulfide) groups is 2. The molecule has 1 saturated heterocycles. The fourth-order valence-corrected chi connectivity index (χ4v) is 19.6. The van der Waals surface area contributed by atoms with Gasteiger partial charge >= 0.3 is 0 Å². The first-order valence-electron chi connectivity index (χ1n) is 15.5. The summed E-state index contributed by atoms with van der Waals surface area (Å²) in [6.07, 6.45) is 11.0. The molecule has 0 aromatic heterocycles. The van der Waals surface area contributed by atoms with Crippen LogP contribution in [0.3, 0.4) is 0 Å². The van der Waals surface area contributed by atoms with Gasteiger partial charge in [-0.3, -0.25) is 0 Å². The molecule has 2 aromatic rings. The van der Waals surface area contributed by atoms with E-state index in [1.54, 1.807) is 22.3 Å². The molecule has 2 aromatic carbocycles. The smallest absolute Gasteiger partial charge is 0.0763 e. The summed E-state index contributed by atoms with van der Waals surface area (Å²) in [4.78, 5) is 0. The summed E-state index contributed by atoms with van der Waals surface area (Å²) in [5.41, 5.74) is 9.07. The van der Waals surface area contributed by atoms with Crippen molar-refractivity contribution in [3.05, 3.63) is 70.8 Å². The van der Waals surface area contributed by atoms with E-state index < -0.39 is 0 Å². The van der Waals surface area contributed by atoms with Crippen molar-refractivity contribution in [1.82, 2.24) is 0 Å². The van der Waals surface area contributed by atoms with E-state index in [9.17, 15) is 0 Å². The van der Waals surface area contributed by atoms with Crippen LogP contribution in [0.4, 0.5) is 0 Å². The van der Waals surface area contributed by atoms with E-state index in [-0.39, 0.29) is 0 Å². The van der Waals surface area contributed by atoms with Gasteiger partial charge in [-0.15, -0.1) is 23.5 Å². The molecule has 6 aliphatic carbocycles. The molecule has 1 aliphatic heterocycles. The zero-order valence-corrected chi connectivity index (χ0v) is 25.9. The summed E-state index contributed by atoms with van der Waals surface area (Å²) in [6.45, 7) is 16.3. The molecule has 4 unspecified atom stereocenters. The maximum absolute atomic E-state index is 2.76. The highest BCUT2D eigenvalue weighted by molar-refractivity contribution is 8.36. The molecule has 9 rings (SSSR count). The molecule has 4 saturated carbocycles. The van der Waals surface area contributed by atoms with E-state index in [2.05, 4.69) is 114 Å². The lowest BCUT2D eigenvalue weighted by atomic mass is 9.66. The quantitative estimate of drug-likeness (QED) is 0.326. The number of hydrogen-bond donors (Lipinski definition) is 0. The molecule has 0 nitrogen and oxygen atoms in total. The Morgan fingerprint density at radius 2 is 0.842 bits per heavy atom. The molecule has 38 heavy (non-hydrogen) atoms. The molecule has 5 fully saturated rings. The molecular formula is C36H44S2. The second-order valence-corrected chi connectivity index (χ2v) is 19.7. The molecule has 7 aliphatic rings. The second-order valence-electron chi connectivity index (χ2n) is 16.3. The average Bonchev–Trinajstić information content (AvgIpc) is 3.57. The van der Waals surface area contributed by atoms with Crippen LogP contribution in [0.25, 0.3) is 0 Å². The molecule has 2 heteroatoms. The van der Waals surface area contributed by atoms with Crippen molar-refractivity contribution in [2.24, 2.45) is 44.3 Å². The average molecular weight is 541 g/mol. The highest BCUT2D eigenvalue weighted by Crippen LogP contribution is 2.99. The lowest BCUT2D eigenvalue weighted by Gasteiger charge is -2.74. The van der Waals surface area contributed by atoms with Gasteiger partial charge < -0.3 is 0 Å². The number of benzene rings is 2. The van der Waals surface area contributed by atoms with Gasteiger partial charge in [0.2, 0.25) is 0 Å². The van der Waals surface area contributed by atoms with Crippen LogP contribution >= 0.6 is 23.5 Å². The summed E-state index contributed by atoms with van der Waals surface area (Å²) in [7, 11) is 0. The van der Waals surface area contributed by atoms with E-state index in [0.29, 0.717) is 40.6 Å². The fraction of sp³-hybridized carbons (Fsp3) is 0.667. The summed E-state index contributed by atoms with van der Waals surface area (Å²) in [6, 6.07) is 19.1. The Hall–Kier alpha value is -0.860. The van der Waals surface area contributed by atoms with Crippen molar-refractivity contribution in [3.8, 4) is 0 Å². The van der Waals surface area contributed by atoms with Crippen molar-refractivity contribution in [1.29, 1.82) is 0 Å². The largest absolute Gasteiger partial charge is 0.124 e. The molecule has 4 spiro atoms. The number of hydrogen-bond acceptors (Lipinski definition) is 2. The monoisotopic (exact) mass is 540 g/mol. The number of rotatable bonds is 0. The van der Waals surface area contributed by atoms with E-state index in [4.69, 9.17) is 0 Å².